The Morgan fingerprint density at radius 1 is 1.37 bits per heavy atom. The van der Waals surface area contributed by atoms with Crippen molar-refractivity contribution in [2.24, 2.45) is 0 Å². The Hall–Kier alpha value is -1.10. The SMILES string of the molecule is CCCC1NC(=O)CN(CCCCOC(C)C)C1=O. The third kappa shape index (κ3) is 5.59. The van der Waals surface area contributed by atoms with Crippen molar-refractivity contribution in [1.82, 2.24) is 10.2 Å². The molecule has 19 heavy (non-hydrogen) atoms. The van der Waals surface area contributed by atoms with E-state index in [0.717, 1.165) is 25.7 Å². The molecule has 0 aromatic heterocycles. The van der Waals surface area contributed by atoms with Crippen molar-refractivity contribution in [2.45, 2.75) is 58.6 Å². The highest BCUT2D eigenvalue weighted by Gasteiger charge is 2.31. The van der Waals surface area contributed by atoms with Gasteiger partial charge in [0.25, 0.3) is 0 Å². The van der Waals surface area contributed by atoms with Crippen LogP contribution in [0.4, 0.5) is 0 Å². The minimum atomic E-state index is -0.321. The predicted molar refractivity (Wildman–Crippen MR) is 73.7 cm³/mol. The first kappa shape index (κ1) is 16.0. The molecule has 0 saturated carbocycles. The van der Waals surface area contributed by atoms with E-state index in [1.54, 1.807) is 4.90 Å². The zero-order valence-corrected chi connectivity index (χ0v) is 12.3. The van der Waals surface area contributed by atoms with Gasteiger partial charge >= 0.3 is 0 Å². The molecule has 110 valence electrons. The van der Waals surface area contributed by atoms with Crippen LogP contribution in [0.5, 0.6) is 0 Å². The number of nitrogens with zero attached hydrogens (tertiary/aromatic N) is 1. The molecule has 0 spiro atoms. The van der Waals surface area contributed by atoms with E-state index in [2.05, 4.69) is 5.32 Å². The molecule has 2 amide bonds. The Morgan fingerprint density at radius 3 is 2.74 bits per heavy atom. The molecular weight excluding hydrogens is 244 g/mol. The van der Waals surface area contributed by atoms with E-state index in [9.17, 15) is 9.59 Å². The highest BCUT2D eigenvalue weighted by molar-refractivity contribution is 5.94. The van der Waals surface area contributed by atoms with Gasteiger partial charge in [0.2, 0.25) is 11.8 Å². The quantitative estimate of drug-likeness (QED) is 0.677. The van der Waals surface area contributed by atoms with E-state index in [-0.39, 0.29) is 30.5 Å². The van der Waals surface area contributed by atoms with Crippen molar-refractivity contribution in [3.63, 3.8) is 0 Å². The number of rotatable bonds is 8. The smallest absolute Gasteiger partial charge is 0.245 e. The Kier molecular flexibility index (Phi) is 6.84. The second-order valence-corrected chi connectivity index (χ2v) is 5.30. The van der Waals surface area contributed by atoms with E-state index in [1.165, 1.54) is 0 Å². The number of hydrogen-bond acceptors (Lipinski definition) is 3. The van der Waals surface area contributed by atoms with E-state index < -0.39 is 0 Å². The van der Waals surface area contributed by atoms with Gasteiger partial charge in [0.15, 0.2) is 0 Å². The number of piperazine rings is 1. The van der Waals surface area contributed by atoms with Gasteiger partial charge in [0.05, 0.1) is 12.6 Å². The number of ether oxygens (including phenoxy) is 1. The zero-order chi connectivity index (χ0) is 14.3. The fourth-order valence-corrected chi connectivity index (χ4v) is 2.17. The molecule has 0 radical (unpaired) electrons. The van der Waals surface area contributed by atoms with Crippen LogP contribution >= 0.6 is 0 Å². The van der Waals surface area contributed by atoms with Gasteiger partial charge in [-0.25, -0.2) is 0 Å². The molecule has 1 aliphatic heterocycles. The van der Waals surface area contributed by atoms with Crippen molar-refractivity contribution in [3.8, 4) is 0 Å². The second-order valence-electron chi connectivity index (χ2n) is 5.30. The standard InChI is InChI=1S/C14H26N2O3/c1-4-7-12-14(18)16(10-13(17)15-12)8-5-6-9-19-11(2)3/h11-12H,4-10H2,1-3H3,(H,15,17). The number of carbonyl (C=O) groups is 2. The van der Waals surface area contributed by atoms with Gasteiger partial charge < -0.3 is 15.0 Å². The molecule has 1 N–H and O–H groups in total. The first-order chi connectivity index (χ1) is 9.04. The molecule has 1 unspecified atom stereocenters. The van der Waals surface area contributed by atoms with Gasteiger partial charge in [-0.1, -0.05) is 13.3 Å². The van der Waals surface area contributed by atoms with Crippen molar-refractivity contribution in [1.29, 1.82) is 0 Å². The highest BCUT2D eigenvalue weighted by atomic mass is 16.5. The first-order valence-corrected chi connectivity index (χ1v) is 7.24. The maximum Gasteiger partial charge on any atom is 0.245 e. The molecule has 1 fully saturated rings. The van der Waals surface area contributed by atoms with Crippen molar-refractivity contribution < 1.29 is 14.3 Å². The third-order valence-corrected chi connectivity index (χ3v) is 3.13. The second kappa shape index (κ2) is 8.15. The third-order valence-electron chi connectivity index (χ3n) is 3.13. The summed E-state index contributed by atoms with van der Waals surface area (Å²) in [5.74, 6) is 0.0164. The van der Waals surface area contributed by atoms with E-state index in [0.29, 0.717) is 13.2 Å². The summed E-state index contributed by atoms with van der Waals surface area (Å²) in [6, 6.07) is -0.321. The van der Waals surface area contributed by atoms with Crippen LogP contribution in [0.15, 0.2) is 0 Å². The first-order valence-electron chi connectivity index (χ1n) is 7.24. The lowest BCUT2D eigenvalue weighted by molar-refractivity contribution is -0.144. The summed E-state index contributed by atoms with van der Waals surface area (Å²) in [6.07, 6.45) is 3.66. The van der Waals surface area contributed by atoms with Crippen molar-refractivity contribution in [3.05, 3.63) is 0 Å². The van der Waals surface area contributed by atoms with Crippen LogP contribution < -0.4 is 5.32 Å². The lowest BCUT2D eigenvalue weighted by atomic mass is 10.1. The Morgan fingerprint density at radius 2 is 2.11 bits per heavy atom. The lowest BCUT2D eigenvalue weighted by Crippen LogP contribution is -2.58. The Labute approximate surface area is 115 Å². The summed E-state index contributed by atoms with van der Waals surface area (Å²) < 4.78 is 5.46. The Balaban J connectivity index is 2.31. The van der Waals surface area contributed by atoms with E-state index in [4.69, 9.17) is 4.74 Å². The molecular formula is C14H26N2O3. The number of nitrogens with one attached hydrogen (secondary N) is 1. The molecule has 1 saturated heterocycles. The minimum absolute atomic E-state index is 0.0449. The van der Waals surface area contributed by atoms with Crippen LogP contribution in [0.25, 0.3) is 0 Å². The van der Waals surface area contributed by atoms with Gasteiger partial charge in [-0.3, -0.25) is 9.59 Å². The lowest BCUT2D eigenvalue weighted by Gasteiger charge is -2.32. The number of carbonyl (C=O) groups excluding carboxylic acids is 2. The number of amides is 2. The van der Waals surface area contributed by atoms with Gasteiger partial charge in [-0.15, -0.1) is 0 Å². The highest BCUT2D eigenvalue weighted by Crippen LogP contribution is 2.09. The minimum Gasteiger partial charge on any atom is -0.379 e. The van der Waals surface area contributed by atoms with Crippen molar-refractivity contribution in [2.75, 3.05) is 19.7 Å². The average molecular weight is 270 g/mol. The molecule has 0 bridgehead atoms. The topological polar surface area (TPSA) is 58.6 Å². The normalized spacial score (nSPS) is 20.0. The van der Waals surface area contributed by atoms with Gasteiger partial charge in [0, 0.05) is 13.2 Å². The van der Waals surface area contributed by atoms with Crippen LogP contribution in [-0.4, -0.2) is 48.6 Å². The molecule has 1 aliphatic rings. The summed E-state index contributed by atoms with van der Waals surface area (Å²) in [5, 5.41) is 2.76. The molecule has 0 aromatic carbocycles. The maximum absolute atomic E-state index is 12.1. The predicted octanol–water partition coefficient (Wildman–Crippen LogP) is 1.32. The number of unbranched alkanes of at least 4 members (excludes halogenated alkanes) is 1. The van der Waals surface area contributed by atoms with Gasteiger partial charge in [0.1, 0.15) is 6.04 Å². The van der Waals surface area contributed by atoms with Crippen LogP contribution in [0.3, 0.4) is 0 Å². The summed E-state index contributed by atoms with van der Waals surface area (Å²) in [6.45, 7) is 7.59. The van der Waals surface area contributed by atoms with Gasteiger partial charge in [-0.2, -0.15) is 0 Å². The van der Waals surface area contributed by atoms with Crippen LogP contribution in [0.1, 0.15) is 46.5 Å². The average Bonchev–Trinajstić information content (AvgIpc) is 2.34. The van der Waals surface area contributed by atoms with Crippen LogP contribution in [0, 0.1) is 0 Å². The number of hydrogen-bond donors (Lipinski definition) is 1. The summed E-state index contributed by atoms with van der Waals surface area (Å²) in [4.78, 5) is 25.3. The molecule has 5 heteroatoms. The monoisotopic (exact) mass is 270 g/mol. The van der Waals surface area contributed by atoms with Gasteiger partial charge in [-0.05, 0) is 33.1 Å². The molecule has 0 aromatic rings. The molecule has 5 nitrogen and oxygen atoms in total. The summed E-state index contributed by atoms with van der Waals surface area (Å²) >= 11 is 0. The maximum atomic E-state index is 12.1. The largest absolute Gasteiger partial charge is 0.379 e. The fourth-order valence-electron chi connectivity index (χ4n) is 2.17. The molecule has 0 aliphatic carbocycles. The summed E-state index contributed by atoms with van der Waals surface area (Å²) in [5.41, 5.74) is 0. The van der Waals surface area contributed by atoms with E-state index in [1.807, 2.05) is 20.8 Å². The summed E-state index contributed by atoms with van der Waals surface area (Å²) in [7, 11) is 0. The van der Waals surface area contributed by atoms with E-state index >= 15 is 0 Å². The fraction of sp³-hybridized carbons (Fsp3) is 0.857. The zero-order valence-electron chi connectivity index (χ0n) is 12.3. The molecule has 1 heterocycles. The van der Waals surface area contributed by atoms with Crippen LogP contribution in [0.2, 0.25) is 0 Å². The molecule has 1 rings (SSSR count). The van der Waals surface area contributed by atoms with Crippen molar-refractivity contribution >= 4 is 11.8 Å². The Bertz CT molecular complexity index is 305. The van der Waals surface area contributed by atoms with Crippen LogP contribution in [-0.2, 0) is 14.3 Å². The molecule has 1 atom stereocenters.